The van der Waals surface area contributed by atoms with E-state index in [1.807, 2.05) is 32.2 Å². The summed E-state index contributed by atoms with van der Waals surface area (Å²) in [6, 6.07) is 14.5. The molecule has 1 atom stereocenters. The van der Waals surface area contributed by atoms with Crippen LogP contribution < -0.4 is 10.6 Å². The minimum Gasteiger partial charge on any atom is -0.345 e. The number of carbonyl (C=O) groups is 1. The number of carbonyl (C=O) groups excluding carboxylic acids is 1. The average Bonchev–Trinajstić information content (AvgIpc) is 3.57. The summed E-state index contributed by atoms with van der Waals surface area (Å²) < 4.78 is 9.50. The molecule has 6 rings (SSSR count). The summed E-state index contributed by atoms with van der Waals surface area (Å²) in [6.45, 7) is 6.06. The molecule has 36 heavy (non-hydrogen) atoms. The quantitative estimate of drug-likeness (QED) is 0.315. The van der Waals surface area contributed by atoms with Crippen LogP contribution in [-0.4, -0.2) is 33.3 Å². The van der Waals surface area contributed by atoms with Gasteiger partial charge in [-0.2, -0.15) is 4.98 Å². The van der Waals surface area contributed by atoms with Crippen molar-refractivity contribution in [2.75, 3.05) is 12.5 Å². The van der Waals surface area contributed by atoms with E-state index in [0.29, 0.717) is 24.9 Å². The average molecular weight is 485 g/mol. The number of benzene rings is 2. The smallest absolute Gasteiger partial charge is 0.252 e. The van der Waals surface area contributed by atoms with Gasteiger partial charge in [-0.15, -0.1) is 5.10 Å². The molecule has 184 valence electrons. The van der Waals surface area contributed by atoms with E-state index in [4.69, 9.17) is 0 Å². The van der Waals surface area contributed by atoms with Crippen molar-refractivity contribution in [2.45, 2.75) is 45.6 Å². The molecule has 1 saturated carbocycles. The molecule has 1 fully saturated rings. The lowest BCUT2D eigenvalue weighted by atomic mass is 9.99. The van der Waals surface area contributed by atoms with Crippen LogP contribution in [0.3, 0.4) is 0 Å². The number of aromatic nitrogens is 4. The highest BCUT2D eigenvalue weighted by Crippen LogP contribution is 2.39. The summed E-state index contributed by atoms with van der Waals surface area (Å²) in [5, 5.41) is 13.6. The van der Waals surface area contributed by atoms with E-state index >= 15 is 0 Å². The van der Waals surface area contributed by atoms with Gasteiger partial charge in [-0.05, 0) is 80.1 Å². The monoisotopic (exact) mass is 484 g/mol. The van der Waals surface area contributed by atoms with Crippen LogP contribution in [0.2, 0.25) is 0 Å². The Morgan fingerprint density at radius 1 is 0.972 bits per heavy atom. The standard InChI is InChI=1S/C27H26N6O.CH3F/c1-14-10-18(6-8-20(14)19-7-9-23(28-13-19)17-4-5-17)25-31-27(33-32-25)30-24-12-21-16(3)29-26(34)22(21)11-15(24)2;1-2/h6-13,16-17H,4-5H2,1-3H3,(H,29,34)(H2,30,31,32,33);1H3. The molecule has 3 heterocycles. The molecule has 2 aromatic heterocycles. The Kier molecular flexibility index (Phi) is 6.26. The summed E-state index contributed by atoms with van der Waals surface area (Å²) in [7, 11) is 0.500. The summed E-state index contributed by atoms with van der Waals surface area (Å²) >= 11 is 0. The number of aryl methyl sites for hydroxylation is 2. The highest BCUT2D eigenvalue weighted by molar-refractivity contribution is 6.00. The van der Waals surface area contributed by atoms with E-state index in [2.05, 4.69) is 68.1 Å². The first-order valence-corrected chi connectivity index (χ1v) is 12.1. The maximum absolute atomic E-state index is 12.1. The Labute approximate surface area is 209 Å². The third-order valence-electron chi connectivity index (χ3n) is 6.78. The van der Waals surface area contributed by atoms with Crippen molar-refractivity contribution in [2.24, 2.45) is 0 Å². The Balaban J connectivity index is 0.00000130. The highest BCUT2D eigenvalue weighted by Gasteiger charge is 2.27. The normalized spacial score (nSPS) is 16.1. The second-order valence-corrected chi connectivity index (χ2v) is 9.36. The van der Waals surface area contributed by atoms with E-state index in [-0.39, 0.29) is 11.9 Å². The van der Waals surface area contributed by atoms with E-state index in [0.717, 1.165) is 39.1 Å². The van der Waals surface area contributed by atoms with Gasteiger partial charge in [-0.3, -0.25) is 19.3 Å². The van der Waals surface area contributed by atoms with Gasteiger partial charge in [0.15, 0.2) is 5.82 Å². The summed E-state index contributed by atoms with van der Waals surface area (Å²) in [4.78, 5) is 21.4. The largest absolute Gasteiger partial charge is 0.345 e. The molecule has 4 aromatic rings. The first-order chi connectivity index (χ1) is 17.5. The number of fused-ring (bicyclic) bond motifs is 1. The molecule has 1 aliphatic carbocycles. The molecule has 0 radical (unpaired) electrons. The fourth-order valence-electron chi connectivity index (χ4n) is 4.65. The highest BCUT2D eigenvalue weighted by atomic mass is 19.1. The lowest BCUT2D eigenvalue weighted by molar-refractivity contribution is 0.0958. The van der Waals surface area contributed by atoms with E-state index in [9.17, 15) is 9.18 Å². The zero-order valence-electron chi connectivity index (χ0n) is 20.8. The number of H-pyrrole nitrogens is 1. The Bertz CT molecular complexity index is 1420. The maximum Gasteiger partial charge on any atom is 0.252 e. The molecule has 2 aliphatic rings. The van der Waals surface area contributed by atoms with Crippen LogP contribution in [0, 0.1) is 13.8 Å². The SMILES string of the molecule is CF.Cc1cc2c(cc1Nc1n[nH]c(-c3ccc(-c4ccc(C5CC5)nc4)c(C)c3)n1)C(C)NC2=O. The molecule has 1 aliphatic heterocycles. The second kappa shape index (κ2) is 9.53. The molecule has 0 saturated heterocycles. The molecule has 8 heteroatoms. The lowest BCUT2D eigenvalue weighted by Crippen LogP contribution is -2.16. The van der Waals surface area contributed by atoms with Crippen molar-refractivity contribution in [3.05, 3.63) is 76.6 Å². The molecule has 0 spiro atoms. The zero-order valence-corrected chi connectivity index (χ0v) is 20.8. The molecular weight excluding hydrogens is 455 g/mol. The Morgan fingerprint density at radius 2 is 1.75 bits per heavy atom. The predicted molar refractivity (Wildman–Crippen MR) is 139 cm³/mol. The number of halogens is 1. The number of alkyl halides is 1. The molecule has 3 N–H and O–H groups in total. The van der Waals surface area contributed by atoms with Crippen molar-refractivity contribution in [1.82, 2.24) is 25.5 Å². The van der Waals surface area contributed by atoms with Gasteiger partial charge >= 0.3 is 0 Å². The Morgan fingerprint density at radius 3 is 2.44 bits per heavy atom. The molecule has 0 bridgehead atoms. The topological polar surface area (TPSA) is 95.6 Å². The molecule has 2 aromatic carbocycles. The van der Waals surface area contributed by atoms with Crippen LogP contribution in [0.25, 0.3) is 22.5 Å². The van der Waals surface area contributed by atoms with Crippen LogP contribution in [0.1, 0.15) is 64.5 Å². The number of hydrogen-bond acceptors (Lipinski definition) is 5. The Hall–Kier alpha value is -4.07. The van der Waals surface area contributed by atoms with Crippen molar-refractivity contribution in [3.63, 3.8) is 0 Å². The molecular formula is C28H29FN6O. The van der Waals surface area contributed by atoms with Gasteiger partial charge in [0.1, 0.15) is 0 Å². The predicted octanol–water partition coefficient (Wildman–Crippen LogP) is 6.16. The van der Waals surface area contributed by atoms with Gasteiger partial charge in [0, 0.05) is 40.2 Å². The van der Waals surface area contributed by atoms with Crippen LogP contribution in [0.5, 0.6) is 0 Å². The summed E-state index contributed by atoms with van der Waals surface area (Å²) in [5.41, 5.74) is 9.21. The van der Waals surface area contributed by atoms with Crippen molar-refractivity contribution < 1.29 is 9.18 Å². The van der Waals surface area contributed by atoms with Crippen molar-refractivity contribution in [1.29, 1.82) is 0 Å². The first-order valence-electron chi connectivity index (χ1n) is 12.1. The van der Waals surface area contributed by atoms with E-state index in [1.165, 1.54) is 24.1 Å². The van der Waals surface area contributed by atoms with Gasteiger partial charge in [0.25, 0.3) is 5.91 Å². The van der Waals surface area contributed by atoms with Crippen LogP contribution in [0.15, 0.2) is 48.7 Å². The number of nitrogens with zero attached hydrogens (tertiary/aromatic N) is 3. The maximum atomic E-state index is 12.1. The fourth-order valence-corrected chi connectivity index (χ4v) is 4.65. The number of nitrogens with one attached hydrogen (secondary N) is 3. The number of pyridine rings is 1. The lowest BCUT2D eigenvalue weighted by Gasteiger charge is -2.10. The van der Waals surface area contributed by atoms with Gasteiger partial charge in [-0.1, -0.05) is 18.2 Å². The number of amides is 1. The number of hydrogen-bond donors (Lipinski definition) is 3. The van der Waals surface area contributed by atoms with Crippen molar-refractivity contribution >= 4 is 17.5 Å². The number of aromatic amines is 1. The summed E-state index contributed by atoms with van der Waals surface area (Å²) in [5.74, 6) is 1.83. The van der Waals surface area contributed by atoms with Crippen molar-refractivity contribution in [3.8, 4) is 22.5 Å². The third-order valence-corrected chi connectivity index (χ3v) is 6.78. The molecule has 7 nitrogen and oxygen atoms in total. The van der Waals surface area contributed by atoms with Crippen LogP contribution in [0.4, 0.5) is 16.0 Å². The van der Waals surface area contributed by atoms with Gasteiger partial charge < -0.3 is 10.6 Å². The zero-order chi connectivity index (χ0) is 25.4. The number of anilines is 2. The third kappa shape index (κ3) is 4.46. The first kappa shape index (κ1) is 23.7. The fraction of sp³-hybridized carbons (Fsp3) is 0.286. The van der Waals surface area contributed by atoms with Crippen LogP contribution in [-0.2, 0) is 0 Å². The van der Waals surface area contributed by atoms with Gasteiger partial charge in [0.2, 0.25) is 5.95 Å². The summed E-state index contributed by atoms with van der Waals surface area (Å²) in [6.07, 6.45) is 4.50. The van der Waals surface area contributed by atoms with Gasteiger partial charge in [0.05, 0.1) is 13.2 Å². The number of rotatable bonds is 5. The van der Waals surface area contributed by atoms with E-state index < -0.39 is 0 Å². The minimum atomic E-state index is -0.0224. The molecule has 1 unspecified atom stereocenters. The van der Waals surface area contributed by atoms with E-state index in [1.54, 1.807) is 0 Å². The van der Waals surface area contributed by atoms with Crippen LogP contribution >= 0.6 is 0 Å². The van der Waals surface area contributed by atoms with Gasteiger partial charge in [-0.25, -0.2) is 0 Å². The second-order valence-electron chi connectivity index (χ2n) is 9.36. The molecule has 1 amide bonds. The minimum absolute atomic E-state index is 0.00652.